The summed E-state index contributed by atoms with van der Waals surface area (Å²) in [6.07, 6.45) is 0. The van der Waals surface area contributed by atoms with Crippen LogP contribution in [0.3, 0.4) is 0 Å². The number of methoxy groups -OCH3 is 1. The van der Waals surface area contributed by atoms with E-state index in [0.717, 1.165) is 34.0 Å². The topological polar surface area (TPSA) is 47.0 Å². The summed E-state index contributed by atoms with van der Waals surface area (Å²) in [4.78, 5) is 9.47. The van der Waals surface area contributed by atoms with Gasteiger partial charge in [0.05, 0.1) is 18.5 Å². The van der Waals surface area contributed by atoms with Crippen molar-refractivity contribution >= 4 is 11.6 Å². The van der Waals surface area contributed by atoms with E-state index in [2.05, 4.69) is 48.6 Å². The van der Waals surface area contributed by atoms with E-state index in [9.17, 15) is 0 Å². The Hall–Kier alpha value is -3.66. The van der Waals surface area contributed by atoms with Gasteiger partial charge in [0.15, 0.2) is 0 Å². The molecule has 0 aliphatic heterocycles. The summed E-state index contributed by atoms with van der Waals surface area (Å²) in [5, 5.41) is 3.31. The van der Waals surface area contributed by atoms with E-state index in [4.69, 9.17) is 14.7 Å². The third-order valence-electron chi connectivity index (χ3n) is 4.49. The number of aromatic nitrogens is 2. The zero-order valence-corrected chi connectivity index (χ0v) is 15.9. The highest BCUT2D eigenvalue weighted by molar-refractivity contribution is 5.70. The van der Waals surface area contributed by atoms with Gasteiger partial charge in [-0.3, -0.25) is 0 Å². The van der Waals surface area contributed by atoms with E-state index in [-0.39, 0.29) is 0 Å². The van der Waals surface area contributed by atoms with Gasteiger partial charge in [-0.1, -0.05) is 60.2 Å². The van der Waals surface area contributed by atoms with Crippen molar-refractivity contribution in [2.45, 2.75) is 6.92 Å². The first-order valence-electron chi connectivity index (χ1n) is 9.14. The van der Waals surface area contributed by atoms with Crippen molar-refractivity contribution in [3.05, 3.63) is 90.5 Å². The van der Waals surface area contributed by atoms with Crippen molar-refractivity contribution in [1.29, 1.82) is 0 Å². The van der Waals surface area contributed by atoms with Crippen LogP contribution < -0.4 is 10.1 Å². The molecule has 0 aliphatic carbocycles. The maximum atomic E-state index is 5.22. The molecule has 0 saturated carbocycles. The first-order valence-corrected chi connectivity index (χ1v) is 9.14. The van der Waals surface area contributed by atoms with Gasteiger partial charge >= 0.3 is 0 Å². The second-order valence-corrected chi connectivity index (χ2v) is 6.55. The van der Waals surface area contributed by atoms with Crippen LogP contribution in [0.1, 0.15) is 5.56 Å². The zero-order valence-electron chi connectivity index (χ0n) is 15.9. The molecule has 0 aliphatic rings. The van der Waals surface area contributed by atoms with Crippen molar-refractivity contribution < 1.29 is 4.74 Å². The molecule has 0 fully saturated rings. The third-order valence-corrected chi connectivity index (χ3v) is 4.49. The Morgan fingerprint density at radius 2 is 1.32 bits per heavy atom. The lowest BCUT2D eigenvalue weighted by Crippen LogP contribution is -2.00. The lowest BCUT2D eigenvalue weighted by atomic mass is 10.1. The standard InChI is InChI=1S/C24H21N3O/c1-17-8-10-19(11-9-17)23-16-22(18-6-4-3-5-7-18)26-24(27-23)25-20-12-14-21(28-2)15-13-20/h3-16H,1-2H3,(H,25,26,27). The van der Waals surface area contributed by atoms with E-state index in [1.807, 2.05) is 48.5 Å². The van der Waals surface area contributed by atoms with Gasteiger partial charge in [-0.05, 0) is 37.3 Å². The SMILES string of the molecule is COc1ccc(Nc2nc(-c3ccccc3)cc(-c3ccc(C)cc3)n2)cc1. The quantitative estimate of drug-likeness (QED) is 0.479. The van der Waals surface area contributed by atoms with Crippen LogP contribution in [0.15, 0.2) is 84.9 Å². The summed E-state index contributed by atoms with van der Waals surface area (Å²) in [6, 6.07) is 28.2. The average Bonchev–Trinajstić information content (AvgIpc) is 2.75. The Labute approximate surface area is 164 Å². The van der Waals surface area contributed by atoms with Gasteiger partial charge in [0.2, 0.25) is 5.95 Å². The minimum Gasteiger partial charge on any atom is -0.497 e. The second-order valence-electron chi connectivity index (χ2n) is 6.55. The maximum absolute atomic E-state index is 5.22. The Bertz CT molecular complexity index is 1060. The van der Waals surface area contributed by atoms with Crippen molar-refractivity contribution in [2.75, 3.05) is 12.4 Å². The molecule has 4 heteroatoms. The number of hydrogen-bond acceptors (Lipinski definition) is 4. The first-order chi connectivity index (χ1) is 13.7. The van der Waals surface area contributed by atoms with E-state index in [1.165, 1.54) is 5.56 Å². The molecule has 4 rings (SSSR count). The molecule has 0 saturated heterocycles. The summed E-state index contributed by atoms with van der Waals surface area (Å²) in [6.45, 7) is 2.08. The van der Waals surface area contributed by atoms with Crippen LogP contribution in [0.4, 0.5) is 11.6 Å². The molecule has 0 unspecified atom stereocenters. The number of nitrogens with one attached hydrogen (secondary N) is 1. The third kappa shape index (κ3) is 4.01. The fraction of sp³-hybridized carbons (Fsp3) is 0.0833. The Morgan fingerprint density at radius 1 is 0.714 bits per heavy atom. The highest BCUT2D eigenvalue weighted by Gasteiger charge is 2.09. The molecule has 138 valence electrons. The van der Waals surface area contributed by atoms with Crippen LogP contribution in [0.2, 0.25) is 0 Å². The zero-order chi connectivity index (χ0) is 19.3. The molecular weight excluding hydrogens is 346 g/mol. The summed E-state index contributed by atoms with van der Waals surface area (Å²) in [5.41, 5.74) is 5.99. The molecule has 0 radical (unpaired) electrons. The van der Waals surface area contributed by atoms with E-state index >= 15 is 0 Å². The van der Waals surface area contributed by atoms with Crippen molar-refractivity contribution in [2.24, 2.45) is 0 Å². The molecule has 0 atom stereocenters. The lowest BCUT2D eigenvalue weighted by molar-refractivity contribution is 0.415. The summed E-state index contributed by atoms with van der Waals surface area (Å²) in [5.74, 6) is 1.37. The predicted molar refractivity (Wildman–Crippen MR) is 114 cm³/mol. The Kier molecular flexibility index (Phi) is 5.02. The molecule has 3 aromatic carbocycles. The highest BCUT2D eigenvalue weighted by Crippen LogP contribution is 2.27. The largest absolute Gasteiger partial charge is 0.497 e. The Morgan fingerprint density at radius 3 is 1.93 bits per heavy atom. The summed E-state index contributed by atoms with van der Waals surface area (Å²) < 4.78 is 5.22. The molecule has 0 bridgehead atoms. The maximum Gasteiger partial charge on any atom is 0.228 e. The van der Waals surface area contributed by atoms with Gasteiger partial charge in [-0.15, -0.1) is 0 Å². The number of hydrogen-bond donors (Lipinski definition) is 1. The number of rotatable bonds is 5. The number of nitrogens with zero attached hydrogens (tertiary/aromatic N) is 2. The molecule has 0 amide bonds. The Balaban J connectivity index is 1.75. The van der Waals surface area contributed by atoms with Gasteiger partial charge in [-0.2, -0.15) is 0 Å². The normalized spacial score (nSPS) is 10.5. The number of benzene rings is 3. The van der Waals surface area contributed by atoms with Gasteiger partial charge in [0.1, 0.15) is 5.75 Å². The molecule has 28 heavy (non-hydrogen) atoms. The number of anilines is 2. The molecular formula is C24H21N3O. The second kappa shape index (κ2) is 7.92. The lowest BCUT2D eigenvalue weighted by Gasteiger charge is -2.11. The molecule has 0 spiro atoms. The number of ether oxygens (including phenoxy) is 1. The summed E-state index contributed by atoms with van der Waals surface area (Å²) >= 11 is 0. The van der Waals surface area contributed by atoms with Gasteiger partial charge in [0.25, 0.3) is 0 Å². The van der Waals surface area contributed by atoms with Gasteiger partial charge in [0, 0.05) is 16.8 Å². The van der Waals surface area contributed by atoms with E-state index in [1.54, 1.807) is 7.11 Å². The van der Waals surface area contributed by atoms with Crippen LogP contribution in [0.25, 0.3) is 22.5 Å². The van der Waals surface area contributed by atoms with Crippen LogP contribution >= 0.6 is 0 Å². The smallest absolute Gasteiger partial charge is 0.228 e. The van der Waals surface area contributed by atoms with E-state index < -0.39 is 0 Å². The summed E-state index contributed by atoms with van der Waals surface area (Å²) in [7, 11) is 1.66. The molecule has 4 aromatic rings. The van der Waals surface area contributed by atoms with Crippen LogP contribution in [-0.4, -0.2) is 17.1 Å². The van der Waals surface area contributed by atoms with E-state index in [0.29, 0.717) is 5.95 Å². The molecule has 4 nitrogen and oxygen atoms in total. The molecule has 1 N–H and O–H groups in total. The minimum absolute atomic E-state index is 0.557. The molecule has 1 aromatic heterocycles. The van der Waals surface area contributed by atoms with Crippen LogP contribution in [-0.2, 0) is 0 Å². The van der Waals surface area contributed by atoms with Gasteiger partial charge in [-0.25, -0.2) is 9.97 Å². The fourth-order valence-corrected chi connectivity index (χ4v) is 2.94. The predicted octanol–water partition coefficient (Wildman–Crippen LogP) is 5.87. The van der Waals surface area contributed by atoms with Crippen molar-refractivity contribution in [3.8, 4) is 28.3 Å². The highest BCUT2D eigenvalue weighted by atomic mass is 16.5. The average molecular weight is 367 g/mol. The van der Waals surface area contributed by atoms with Crippen molar-refractivity contribution in [1.82, 2.24) is 9.97 Å². The monoisotopic (exact) mass is 367 g/mol. The fourth-order valence-electron chi connectivity index (χ4n) is 2.94. The van der Waals surface area contributed by atoms with Gasteiger partial charge < -0.3 is 10.1 Å². The van der Waals surface area contributed by atoms with Crippen LogP contribution in [0, 0.1) is 6.92 Å². The minimum atomic E-state index is 0.557. The van der Waals surface area contributed by atoms with Crippen LogP contribution in [0.5, 0.6) is 5.75 Å². The van der Waals surface area contributed by atoms with Crippen molar-refractivity contribution in [3.63, 3.8) is 0 Å². The number of aryl methyl sites for hydroxylation is 1. The molecule has 1 heterocycles. The first kappa shape index (κ1) is 17.7.